The van der Waals surface area contributed by atoms with Gasteiger partial charge in [0.1, 0.15) is 5.71 Å². The maximum Gasteiger partial charge on any atom is 0.273 e. The molecule has 0 bridgehead atoms. The molecule has 3 rings (SSSR count). The normalized spacial score (nSPS) is 21.0. The fourth-order valence-electron chi connectivity index (χ4n) is 2.93. The molecule has 0 saturated carbocycles. The van der Waals surface area contributed by atoms with Gasteiger partial charge in [0.05, 0.1) is 12.1 Å². The summed E-state index contributed by atoms with van der Waals surface area (Å²) in [6, 6.07) is 7.32. The van der Waals surface area contributed by atoms with Crippen LogP contribution in [0.3, 0.4) is 0 Å². The first-order chi connectivity index (χ1) is 10.4. The van der Waals surface area contributed by atoms with Gasteiger partial charge in [-0.25, -0.2) is 11.6 Å². The van der Waals surface area contributed by atoms with Crippen LogP contribution in [-0.4, -0.2) is 22.0 Å². The molecule has 2 atom stereocenters. The zero-order valence-corrected chi connectivity index (χ0v) is 13.5. The molecule has 0 saturated heterocycles. The number of H-pyrrole nitrogens is 1. The molecular formula is C17H17ClN4. The monoisotopic (exact) mass is 312 g/mol. The number of rotatable bonds is 1. The van der Waals surface area contributed by atoms with E-state index in [0.717, 1.165) is 22.7 Å². The van der Waals surface area contributed by atoms with E-state index in [1.165, 1.54) is 0 Å². The second-order valence-electron chi connectivity index (χ2n) is 6.49. The van der Waals surface area contributed by atoms with E-state index in [4.69, 9.17) is 18.2 Å². The minimum absolute atomic E-state index is 0.147. The summed E-state index contributed by atoms with van der Waals surface area (Å²) in [4.78, 5) is 8.57. The summed E-state index contributed by atoms with van der Waals surface area (Å²) in [5.41, 5.74) is 2.55. The number of nitrogens with zero attached hydrogens (tertiary/aromatic N) is 3. The van der Waals surface area contributed by atoms with Gasteiger partial charge in [-0.2, -0.15) is 5.10 Å². The highest BCUT2D eigenvalue weighted by Gasteiger charge is 2.45. The molecule has 4 nitrogen and oxygen atoms in total. The number of halogens is 1. The van der Waals surface area contributed by atoms with Crippen molar-refractivity contribution in [2.45, 2.75) is 32.7 Å². The van der Waals surface area contributed by atoms with Crippen LogP contribution >= 0.6 is 11.6 Å². The summed E-state index contributed by atoms with van der Waals surface area (Å²) in [5.74, 6) is 0.585. The fourth-order valence-corrected chi connectivity index (χ4v) is 3.19. The predicted octanol–water partition coefficient (Wildman–Crippen LogP) is 4.62. The molecule has 1 N–H and O–H groups in total. The van der Waals surface area contributed by atoms with E-state index in [0.29, 0.717) is 5.02 Å². The number of benzene rings is 1. The average Bonchev–Trinajstić information content (AvgIpc) is 2.93. The molecule has 5 heteroatoms. The van der Waals surface area contributed by atoms with Crippen molar-refractivity contribution in [1.82, 2.24) is 10.2 Å². The van der Waals surface area contributed by atoms with Crippen LogP contribution in [0.5, 0.6) is 0 Å². The van der Waals surface area contributed by atoms with Crippen molar-refractivity contribution < 1.29 is 0 Å². The summed E-state index contributed by atoms with van der Waals surface area (Å²) in [7, 11) is 0. The Morgan fingerprint density at radius 1 is 1.23 bits per heavy atom. The fraction of sp³-hybridized carbons (Fsp3) is 0.353. The van der Waals surface area contributed by atoms with Crippen LogP contribution in [0.15, 0.2) is 35.5 Å². The van der Waals surface area contributed by atoms with E-state index < -0.39 is 0 Å². The molecule has 0 spiro atoms. The van der Waals surface area contributed by atoms with Crippen molar-refractivity contribution in [2.24, 2.45) is 10.4 Å². The van der Waals surface area contributed by atoms with Crippen molar-refractivity contribution in [1.29, 1.82) is 0 Å². The van der Waals surface area contributed by atoms with Gasteiger partial charge in [0, 0.05) is 16.0 Å². The second-order valence-corrected chi connectivity index (χ2v) is 6.90. The third-order valence-electron chi connectivity index (χ3n) is 3.96. The predicted molar refractivity (Wildman–Crippen MR) is 88.8 cm³/mol. The van der Waals surface area contributed by atoms with Gasteiger partial charge < -0.3 is 4.85 Å². The first-order valence-electron chi connectivity index (χ1n) is 7.17. The van der Waals surface area contributed by atoms with E-state index in [2.05, 4.69) is 40.8 Å². The van der Waals surface area contributed by atoms with Crippen molar-refractivity contribution in [3.63, 3.8) is 0 Å². The lowest BCUT2D eigenvalue weighted by Crippen LogP contribution is -2.37. The molecule has 0 radical (unpaired) electrons. The SMILES string of the molecule is [C-]#[N+]C1C(C(C)(C)C)=Nc2[nH]ncc2C1c1ccccc1Cl. The first-order valence-corrected chi connectivity index (χ1v) is 7.54. The average molecular weight is 313 g/mol. The lowest BCUT2D eigenvalue weighted by Gasteiger charge is -2.30. The van der Waals surface area contributed by atoms with Crippen LogP contribution in [0.25, 0.3) is 4.85 Å². The third-order valence-corrected chi connectivity index (χ3v) is 4.30. The molecule has 0 amide bonds. The van der Waals surface area contributed by atoms with Gasteiger partial charge in [-0.05, 0) is 11.6 Å². The Morgan fingerprint density at radius 2 is 1.95 bits per heavy atom. The molecule has 2 unspecified atom stereocenters. The van der Waals surface area contributed by atoms with Gasteiger partial charge >= 0.3 is 0 Å². The van der Waals surface area contributed by atoms with E-state index in [9.17, 15) is 0 Å². The van der Waals surface area contributed by atoms with E-state index in [1.54, 1.807) is 6.20 Å². The molecular weight excluding hydrogens is 296 g/mol. The Hall–Kier alpha value is -2.12. The van der Waals surface area contributed by atoms with E-state index in [-0.39, 0.29) is 17.4 Å². The number of aromatic nitrogens is 2. The summed E-state index contributed by atoms with van der Waals surface area (Å²) in [5, 5.41) is 7.73. The largest absolute Gasteiger partial charge is 0.306 e. The molecule has 1 aromatic carbocycles. The highest BCUT2D eigenvalue weighted by Crippen LogP contribution is 2.44. The van der Waals surface area contributed by atoms with Crippen LogP contribution in [0.1, 0.15) is 37.8 Å². The van der Waals surface area contributed by atoms with Crippen LogP contribution in [0.2, 0.25) is 5.02 Å². The maximum absolute atomic E-state index is 7.72. The molecule has 0 fully saturated rings. The lowest BCUT2D eigenvalue weighted by molar-refractivity contribution is 0.559. The van der Waals surface area contributed by atoms with Crippen molar-refractivity contribution >= 4 is 23.1 Å². The number of fused-ring (bicyclic) bond motifs is 1. The molecule has 1 aromatic heterocycles. The van der Waals surface area contributed by atoms with E-state index in [1.807, 2.05) is 24.3 Å². The van der Waals surface area contributed by atoms with Gasteiger partial charge in [-0.1, -0.05) is 50.6 Å². The maximum atomic E-state index is 7.72. The number of aromatic amines is 1. The van der Waals surface area contributed by atoms with E-state index >= 15 is 0 Å². The molecule has 112 valence electrons. The van der Waals surface area contributed by atoms with Gasteiger partial charge in [0.15, 0.2) is 5.82 Å². The Labute approximate surface area is 135 Å². The Balaban J connectivity index is 2.24. The molecule has 1 aliphatic rings. The Morgan fingerprint density at radius 3 is 2.59 bits per heavy atom. The standard InChI is InChI=1S/C17H17ClN4/c1-17(2,3)15-14(19-4)13(10-7-5-6-8-12(10)18)11-9-20-22-16(11)21-15/h5-9,13-14H,1-3H3,(H,20,22). The highest BCUT2D eigenvalue weighted by molar-refractivity contribution is 6.31. The molecule has 1 aliphatic heterocycles. The van der Waals surface area contributed by atoms with Crippen LogP contribution in [-0.2, 0) is 0 Å². The summed E-state index contributed by atoms with van der Waals surface area (Å²) < 4.78 is 0. The Bertz CT molecular complexity index is 776. The minimum atomic E-state index is -0.370. The number of nitrogens with one attached hydrogen (secondary N) is 1. The summed E-state index contributed by atoms with van der Waals surface area (Å²) in [6.07, 6.45) is 1.75. The van der Waals surface area contributed by atoms with Gasteiger partial charge in [-0.15, -0.1) is 0 Å². The van der Waals surface area contributed by atoms with Crippen molar-refractivity contribution in [2.75, 3.05) is 0 Å². The summed E-state index contributed by atoms with van der Waals surface area (Å²) in [6.45, 7) is 14.0. The quantitative estimate of drug-likeness (QED) is 0.768. The minimum Gasteiger partial charge on any atom is -0.306 e. The highest BCUT2D eigenvalue weighted by atomic mass is 35.5. The van der Waals surface area contributed by atoms with Crippen molar-refractivity contribution in [3.8, 4) is 0 Å². The topological polar surface area (TPSA) is 45.4 Å². The Kier molecular flexibility index (Phi) is 3.54. The smallest absolute Gasteiger partial charge is 0.273 e. The molecule has 22 heavy (non-hydrogen) atoms. The van der Waals surface area contributed by atoms with Crippen LogP contribution in [0.4, 0.5) is 5.82 Å². The second kappa shape index (κ2) is 5.26. The van der Waals surface area contributed by atoms with Crippen LogP contribution in [0, 0.1) is 12.0 Å². The summed E-state index contributed by atoms with van der Waals surface area (Å²) >= 11 is 6.40. The third kappa shape index (κ3) is 2.32. The first kappa shape index (κ1) is 14.8. The molecule has 2 aromatic rings. The number of hydrogen-bond acceptors (Lipinski definition) is 2. The van der Waals surface area contributed by atoms with Crippen LogP contribution < -0.4 is 0 Å². The number of hydrogen-bond donors (Lipinski definition) is 1. The van der Waals surface area contributed by atoms with Gasteiger partial charge in [-0.3, -0.25) is 5.10 Å². The molecule has 2 heterocycles. The number of aliphatic imine (C=N–C) groups is 1. The van der Waals surface area contributed by atoms with Crippen molar-refractivity contribution in [3.05, 3.63) is 58.0 Å². The van der Waals surface area contributed by atoms with Gasteiger partial charge in [0.25, 0.3) is 6.04 Å². The molecule has 0 aliphatic carbocycles. The zero-order chi connectivity index (χ0) is 15.9. The zero-order valence-electron chi connectivity index (χ0n) is 12.8. The lowest BCUT2D eigenvalue weighted by atomic mass is 9.75. The van der Waals surface area contributed by atoms with Gasteiger partial charge in [0.2, 0.25) is 0 Å².